The van der Waals surface area contributed by atoms with Crippen molar-refractivity contribution in [3.8, 4) is 5.75 Å². The van der Waals surface area contributed by atoms with Crippen molar-refractivity contribution >= 4 is 17.3 Å². The number of methoxy groups -OCH3 is 1. The standard InChI is InChI=1S/C15H12N2O7/c1-23-15(18)11-4-7-13(17(21)22)14(8-11)24-9-10-2-5-12(6-3-10)16(19)20/h2-8H,9H2,1H3. The molecular weight excluding hydrogens is 320 g/mol. The van der Waals surface area contributed by atoms with Crippen LogP contribution in [0.15, 0.2) is 42.5 Å². The number of non-ortho nitro benzene ring substituents is 1. The van der Waals surface area contributed by atoms with E-state index in [0.717, 1.165) is 6.07 Å². The van der Waals surface area contributed by atoms with Crippen LogP contribution >= 0.6 is 0 Å². The molecule has 2 aromatic rings. The van der Waals surface area contributed by atoms with Crippen LogP contribution in [-0.2, 0) is 11.3 Å². The molecule has 2 rings (SSSR count). The third-order valence-electron chi connectivity index (χ3n) is 3.12. The van der Waals surface area contributed by atoms with Gasteiger partial charge in [-0.15, -0.1) is 0 Å². The molecule has 0 aliphatic carbocycles. The molecule has 0 heterocycles. The second-order valence-electron chi connectivity index (χ2n) is 4.64. The second-order valence-corrected chi connectivity index (χ2v) is 4.64. The Hall–Kier alpha value is -3.49. The van der Waals surface area contributed by atoms with Crippen LogP contribution < -0.4 is 4.74 Å². The third kappa shape index (κ3) is 3.83. The number of carbonyl (C=O) groups excluding carboxylic acids is 1. The van der Waals surface area contributed by atoms with Gasteiger partial charge in [0.05, 0.1) is 22.5 Å². The van der Waals surface area contributed by atoms with Gasteiger partial charge >= 0.3 is 11.7 Å². The topological polar surface area (TPSA) is 122 Å². The summed E-state index contributed by atoms with van der Waals surface area (Å²) in [7, 11) is 1.20. The van der Waals surface area contributed by atoms with E-state index in [1.165, 1.54) is 43.5 Å². The van der Waals surface area contributed by atoms with Gasteiger partial charge < -0.3 is 9.47 Å². The normalized spacial score (nSPS) is 10.0. The molecule has 2 aromatic carbocycles. The molecule has 0 atom stereocenters. The van der Waals surface area contributed by atoms with E-state index in [-0.39, 0.29) is 29.3 Å². The lowest BCUT2D eigenvalue weighted by atomic mass is 10.2. The maximum absolute atomic E-state index is 11.5. The van der Waals surface area contributed by atoms with E-state index in [1.807, 2.05) is 0 Å². The summed E-state index contributed by atoms with van der Waals surface area (Å²) in [5.74, 6) is -0.744. The summed E-state index contributed by atoms with van der Waals surface area (Å²) in [6, 6.07) is 9.20. The number of esters is 1. The largest absolute Gasteiger partial charge is 0.482 e. The highest BCUT2D eigenvalue weighted by Crippen LogP contribution is 2.29. The Morgan fingerprint density at radius 2 is 1.71 bits per heavy atom. The number of nitrogens with zero attached hydrogens (tertiary/aromatic N) is 2. The summed E-state index contributed by atoms with van der Waals surface area (Å²) >= 11 is 0. The van der Waals surface area contributed by atoms with E-state index >= 15 is 0 Å². The molecule has 0 saturated carbocycles. The van der Waals surface area contributed by atoms with Crippen molar-refractivity contribution in [2.24, 2.45) is 0 Å². The first-order chi connectivity index (χ1) is 11.4. The average Bonchev–Trinajstić information content (AvgIpc) is 2.59. The van der Waals surface area contributed by atoms with Crippen molar-refractivity contribution < 1.29 is 24.1 Å². The van der Waals surface area contributed by atoms with Crippen molar-refractivity contribution in [1.29, 1.82) is 0 Å². The zero-order valence-electron chi connectivity index (χ0n) is 12.5. The van der Waals surface area contributed by atoms with Crippen LogP contribution in [0.25, 0.3) is 0 Å². The quantitative estimate of drug-likeness (QED) is 0.453. The third-order valence-corrected chi connectivity index (χ3v) is 3.12. The number of carbonyl (C=O) groups is 1. The van der Waals surface area contributed by atoms with Crippen molar-refractivity contribution in [1.82, 2.24) is 0 Å². The Balaban J connectivity index is 2.22. The van der Waals surface area contributed by atoms with E-state index in [9.17, 15) is 25.0 Å². The van der Waals surface area contributed by atoms with Crippen LogP contribution in [0.3, 0.4) is 0 Å². The molecule has 0 bridgehead atoms. The maximum Gasteiger partial charge on any atom is 0.337 e. The number of hydrogen-bond acceptors (Lipinski definition) is 7. The highest BCUT2D eigenvalue weighted by Gasteiger charge is 2.18. The lowest BCUT2D eigenvalue weighted by Crippen LogP contribution is -2.04. The first-order valence-electron chi connectivity index (χ1n) is 6.65. The highest BCUT2D eigenvalue weighted by molar-refractivity contribution is 5.90. The molecule has 9 heteroatoms. The number of nitro benzene ring substituents is 2. The first kappa shape index (κ1) is 16.9. The molecule has 9 nitrogen and oxygen atoms in total. The minimum absolute atomic E-state index is 0.0521. The van der Waals surface area contributed by atoms with Gasteiger partial charge in [0.2, 0.25) is 0 Å². The van der Waals surface area contributed by atoms with Crippen LogP contribution in [0.4, 0.5) is 11.4 Å². The van der Waals surface area contributed by atoms with Crippen molar-refractivity contribution in [2.75, 3.05) is 7.11 Å². The molecule has 0 aromatic heterocycles. The van der Waals surface area contributed by atoms with Gasteiger partial charge in [-0.1, -0.05) is 0 Å². The molecule has 0 aliphatic heterocycles. The molecular formula is C15H12N2O7. The van der Waals surface area contributed by atoms with Crippen LogP contribution in [0, 0.1) is 20.2 Å². The van der Waals surface area contributed by atoms with Crippen molar-refractivity contribution in [3.63, 3.8) is 0 Å². The van der Waals surface area contributed by atoms with Gasteiger partial charge in [-0.25, -0.2) is 4.79 Å². The molecule has 0 radical (unpaired) electrons. The van der Waals surface area contributed by atoms with Crippen LogP contribution in [0.2, 0.25) is 0 Å². The molecule has 0 amide bonds. The SMILES string of the molecule is COC(=O)c1ccc([N+](=O)[O-])c(OCc2ccc([N+](=O)[O-])cc2)c1. The zero-order chi connectivity index (χ0) is 17.7. The molecule has 124 valence electrons. The van der Waals surface area contributed by atoms with Gasteiger partial charge in [-0.2, -0.15) is 0 Å². The van der Waals surface area contributed by atoms with Gasteiger partial charge in [0.1, 0.15) is 6.61 Å². The van der Waals surface area contributed by atoms with Crippen molar-refractivity contribution in [2.45, 2.75) is 6.61 Å². The predicted octanol–water partition coefficient (Wildman–Crippen LogP) is 2.87. The van der Waals surface area contributed by atoms with E-state index in [2.05, 4.69) is 4.74 Å². The van der Waals surface area contributed by atoms with Gasteiger partial charge in [0.25, 0.3) is 5.69 Å². The van der Waals surface area contributed by atoms with Gasteiger partial charge in [-0.05, 0) is 23.8 Å². The molecule has 0 unspecified atom stereocenters. The Labute approximate surface area is 135 Å². The van der Waals surface area contributed by atoms with Crippen LogP contribution in [-0.4, -0.2) is 22.9 Å². The Morgan fingerprint density at radius 1 is 1.04 bits per heavy atom. The fourth-order valence-corrected chi connectivity index (χ4v) is 1.90. The van der Waals surface area contributed by atoms with Crippen LogP contribution in [0.1, 0.15) is 15.9 Å². The molecule has 0 aliphatic rings. The fourth-order valence-electron chi connectivity index (χ4n) is 1.90. The summed E-state index contributed by atoms with van der Waals surface area (Å²) in [5.41, 5.74) is 0.321. The number of hydrogen-bond donors (Lipinski definition) is 0. The molecule has 24 heavy (non-hydrogen) atoms. The number of rotatable bonds is 6. The van der Waals surface area contributed by atoms with E-state index < -0.39 is 15.8 Å². The zero-order valence-corrected chi connectivity index (χ0v) is 12.5. The summed E-state index contributed by atoms with van der Waals surface area (Å²) in [5, 5.41) is 21.6. The smallest absolute Gasteiger partial charge is 0.337 e. The summed E-state index contributed by atoms with van der Waals surface area (Å²) in [6.07, 6.45) is 0. The molecule has 0 saturated heterocycles. The lowest BCUT2D eigenvalue weighted by molar-refractivity contribution is -0.386. The van der Waals surface area contributed by atoms with E-state index in [0.29, 0.717) is 5.56 Å². The summed E-state index contributed by atoms with van der Waals surface area (Å²) in [6.45, 7) is -0.0521. The fraction of sp³-hybridized carbons (Fsp3) is 0.133. The summed E-state index contributed by atoms with van der Waals surface area (Å²) in [4.78, 5) is 32.0. The lowest BCUT2D eigenvalue weighted by Gasteiger charge is -2.08. The van der Waals surface area contributed by atoms with Gasteiger partial charge in [0, 0.05) is 24.3 Å². The first-order valence-corrected chi connectivity index (χ1v) is 6.65. The minimum atomic E-state index is -0.648. The number of ether oxygens (including phenoxy) is 2. The Kier molecular flexibility index (Phi) is 5.05. The van der Waals surface area contributed by atoms with Gasteiger partial charge in [-0.3, -0.25) is 20.2 Å². The predicted molar refractivity (Wildman–Crippen MR) is 81.9 cm³/mol. The Morgan fingerprint density at radius 3 is 2.25 bits per heavy atom. The Bertz CT molecular complexity index is 787. The highest BCUT2D eigenvalue weighted by atomic mass is 16.6. The molecule has 0 spiro atoms. The van der Waals surface area contributed by atoms with Crippen molar-refractivity contribution in [3.05, 3.63) is 73.8 Å². The minimum Gasteiger partial charge on any atom is -0.482 e. The second kappa shape index (κ2) is 7.18. The van der Waals surface area contributed by atoms with E-state index in [4.69, 9.17) is 4.74 Å². The molecule has 0 fully saturated rings. The number of nitro groups is 2. The molecule has 0 N–H and O–H groups in total. The maximum atomic E-state index is 11.5. The monoisotopic (exact) mass is 332 g/mol. The van der Waals surface area contributed by atoms with Gasteiger partial charge in [0.15, 0.2) is 5.75 Å². The van der Waals surface area contributed by atoms with E-state index in [1.54, 1.807) is 0 Å². The van der Waals surface area contributed by atoms with Crippen LogP contribution in [0.5, 0.6) is 5.75 Å². The summed E-state index contributed by atoms with van der Waals surface area (Å²) < 4.78 is 9.96. The average molecular weight is 332 g/mol. The number of benzene rings is 2.